The van der Waals surface area contributed by atoms with Crippen molar-refractivity contribution in [3.05, 3.63) is 65.7 Å². The number of likely N-dealkylation sites (tertiary alicyclic amines) is 1. The van der Waals surface area contributed by atoms with Gasteiger partial charge in [0, 0.05) is 50.9 Å². The van der Waals surface area contributed by atoms with Gasteiger partial charge in [0.2, 0.25) is 0 Å². The quantitative estimate of drug-likeness (QED) is 0.937. The van der Waals surface area contributed by atoms with E-state index in [2.05, 4.69) is 34.5 Å². The summed E-state index contributed by atoms with van der Waals surface area (Å²) in [6, 6.07) is 18.6. The zero-order valence-electron chi connectivity index (χ0n) is 14.9. The lowest BCUT2D eigenvalue weighted by Gasteiger charge is -2.29. The predicted molar refractivity (Wildman–Crippen MR) is 101 cm³/mol. The van der Waals surface area contributed by atoms with Crippen LogP contribution < -0.4 is 10.2 Å². The molecule has 0 bridgehead atoms. The van der Waals surface area contributed by atoms with Gasteiger partial charge in [0.05, 0.1) is 6.04 Å². The van der Waals surface area contributed by atoms with Crippen molar-refractivity contribution in [2.24, 2.45) is 11.8 Å². The van der Waals surface area contributed by atoms with Gasteiger partial charge >= 0.3 is 0 Å². The molecule has 0 aromatic heterocycles. The fraction of sp³-hybridized carbons (Fsp3) is 0.381. The van der Waals surface area contributed by atoms with Gasteiger partial charge < -0.3 is 15.1 Å². The van der Waals surface area contributed by atoms with Gasteiger partial charge in [-0.15, -0.1) is 0 Å². The molecule has 0 unspecified atom stereocenters. The molecular weight excluding hydrogens is 310 g/mol. The molecule has 2 fully saturated rings. The van der Waals surface area contributed by atoms with Gasteiger partial charge in [0.25, 0.3) is 5.91 Å². The molecule has 0 spiro atoms. The van der Waals surface area contributed by atoms with Crippen molar-refractivity contribution < 1.29 is 4.79 Å². The van der Waals surface area contributed by atoms with E-state index in [9.17, 15) is 4.79 Å². The van der Waals surface area contributed by atoms with Crippen molar-refractivity contribution in [2.75, 3.05) is 38.6 Å². The third kappa shape index (κ3) is 2.91. The van der Waals surface area contributed by atoms with Gasteiger partial charge in [0.15, 0.2) is 0 Å². The number of rotatable bonds is 3. The average Bonchev–Trinajstić information content (AvgIpc) is 3.22. The van der Waals surface area contributed by atoms with Crippen LogP contribution in [-0.4, -0.2) is 44.5 Å². The van der Waals surface area contributed by atoms with Gasteiger partial charge in [-0.2, -0.15) is 0 Å². The fourth-order valence-corrected chi connectivity index (χ4v) is 4.29. The first-order chi connectivity index (χ1) is 12.1. The highest BCUT2D eigenvalue weighted by Crippen LogP contribution is 2.43. The number of nitrogens with zero attached hydrogens (tertiary/aromatic N) is 2. The van der Waals surface area contributed by atoms with Gasteiger partial charge in [-0.3, -0.25) is 4.79 Å². The second-order valence-electron chi connectivity index (χ2n) is 7.34. The van der Waals surface area contributed by atoms with Crippen molar-refractivity contribution in [1.82, 2.24) is 10.2 Å². The zero-order valence-corrected chi connectivity index (χ0v) is 14.9. The fourth-order valence-electron chi connectivity index (χ4n) is 4.29. The second kappa shape index (κ2) is 6.52. The second-order valence-corrected chi connectivity index (χ2v) is 7.34. The molecule has 4 nitrogen and oxygen atoms in total. The molecule has 130 valence electrons. The number of amides is 1. The third-order valence-corrected chi connectivity index (χ3v) is 5.58. The molecule has 4 rings (SSSR count). The standard InChI is InChI=1S/C21H25N3O/c1-23(2)18-10-6-9-16(11-18)21(25)24-14-17-12-22-13-19(17)20(24)15-7-4-3-5-8-15/h3-11,17,19-20,22H,12-14H2,1-2H3/t17-,19-,20+/m0/s1. The Morgan fingerprint density at radius 2 is 1.88 bits per heavy atom. The number of benzene rings is 2. The molecule has 2 aromatic carbocycles. The maximum absolute atomic E-state index is 13.3. The van der Waals surface area contributed by atoms with E-state index in [-0.39, 0.29) is 11.9 Å². The summed E-state index contributed by atoms with van der Waals surface area (Å²) in [5, 5.41) is 3.50. The smallest absolute Gasteiger partial charge is 0.254 e. The van der Waals surface area contributed by atoms with Crippen LogP contribution in [0.5, 0.6) is 0 Å². The summed E-state index contributed by atoms with van der Waals surface area (Å²) in [5.74, 6) is 1.20. The number of carbonyl (C=O) groups is 1. The summed E-state index contributed by atoms with van der Waals surface area (Å²) >= 11 is 0. The number of nitrogens with one attached hydrogen (secondary N) is 1. The number of hydrogen-bond acceptors (Lipinski definition) is 3. The third-order valence-electron chi connectivity index (χ3n) is 5.58. The van der Waals surface area contributed by atoms with E-state index < -0.39 is 0 Å². The summed E-state index contributed by atoms with van der Waals surface area (Å²) in [6.45, 7) is 2.84. The van der Waals surface area contributed by atoms with Crippen LogP contribution >= 0.6 is 0 Å². The summed E-state index contributed by atoms with van der Waals surface area (Å²) < 4.78 is 0. The van der Waals surface area contributed by atoms with Gasteiger partial charge in [-0.1, -0.05) is 36.4 Å². The maximum atomic E-state index is 13.3. The SMILES string of the molecule is CN(C)c1cccc(C(=O)N2C[C@@H]3CNC[C@@H]3[C@H]2c2ccccc2)c1. The van der Waals surface area contributed by atoms with Crippen LogP contribution in [0.3, 0.4) is 0 Å². The molecule has 2 aliphatic rings. The molecule has 0 radical (unpaired) electrons. The molecule has 1 N–H and O–H groups in total. The van der Waals surface area contributed by atoms with E-state index in [1.807, 2.05) is 49.3 Å². The Hall–Kier alpha value is -2.33. The normalized spacial score (nSPS) is 25.0. The van der Waals surface area contributed by atoms with E-state index in [4.69, 9.17) is 0 Å². The summed E-state index contributed by atoms with van der Waals surface area (Å²) in [4.78, 5) is 17.5. The maximum Gasteiger partial charge on any atom is 0.254 e. The van der Waals surface area contributed by atoms with Crippen molar-refractivity contribution >= 4 is 11.6 Å². The van der Waals surface area contributed by atoms with Crippen LogP contribution in [0.25, 0.3) is 0 Å². The lowest BCUT2D eigenvalue weighted by Crippen LogP contribution is -2.34. The summed E-state index contributed by atoms with van der Waals surface area (Å²) in [7, 11) is 4.00. The van der Waals surface area contributed by atoms with E-state index in [1.165, 1.54) is 5.56 Å². The Morgan fingerprint density at radius 1 is 1.08 bits per heavy atom. The highest BCUT2D eigenvalue weighted by Gasteiger charge is 2.46. The molecule has 3 atom stereocenters. The van der Waals surface area contributed by atoms with E-state index in [0.717, 1.165) is 30.9 Å². The monoisotopic (exact) mass is 335 g/mol. The Bertz CT molecular complexity index is 759. The Morgan fingerprint density at radius 3 is 2.64 bits per heavy atom. The first-order valence-corrected chi connectivity index (χ1v) is 8.99. The molecule has 4 heteroatoms. The number of carbonyl (C=O) groups excluding carboxylic acids is 1. The summed E-state index contributed by atoms with van der Waals surface area (Å²) in [5.41, 5.74) is 3.08. The van der Waals surface area contributed by atoms with Gasteiger partial charge in [-0.25, -0.2) is 0 Å². The van der Waals surface area contributed by atoms with Crippen molar-refractivity contribution in [3.63, 3.8) is 0 Å². The average molecular weight is 335 g/mol. The Kier molecular flexibility index (Phi) is 4.22. The highest BCUT2D eigenvalue weighted by atomic mass is 16.2. The first kappa shape index (κ1) is 16.2. The molecule has 2 saturated heterocycles. The molecule has 2 aromatic rings. The molecule has 0 aliphatic carbocycles. The molecule has 25 heavy (non-hydrogen) atoms. The minimum atomic E-state index is 0.145. The minimum absolute atomic E-state index is 0.145. The van der Waals surface area contributed by atoms with E-state index in [1.54, 1.807) is 0 Å². The van der Waals surface area contributed by atoms with Crippen LogP contribution in [0, 0.1) is 11.8 Å². The summed E-state index contributed by atoms with van der Waals surface area (Å²) in [6.07, 6.45) is 0. The molecular formula is C21H25N3O. The molecule has 1 amide bonds. The van der Waals surface area contributed by atoms with Gasteiger partial charge in [-0.05, 0) is 29.7 Å². The van der Waals surface area contributed by atoms with Crippen molar-refractivity contribution in [1.29, 1.82) is 0 Å². The first-order valence-electron chi connectivity index (χ1n) is 8.99. The van der Waals surface area contributed by atoms with Crippen LogP contribution in [-0.2, 0) is 0 Å². The Labute approximate surface area is 149 Å². The van der Waals surface area contributed by atoms with Gasteiger partial charge in [0.1, 0.15) is 0 Å². The number of hydrogen-bond donors (Lipinski definition) is 1. The molecule has 0 saturated carbocycles. The Balaban J connectivity index is 1.68. The lowest BCUT2D eigenvalue weighted by atomic mass is 9.89. The molecule has 2 aliphatic heterocycles. The van der Waals surface area contributed by atoms with Crippen LogP contribution in [0.2, 0.25) is 0 Å². The van der Waals surface area contributed by atoms with Crippen molar-refractivity contribution in [2.45, 2.75) is 6.04 Å². The highest BCUT2D eigenvalue weighted by molar-refractivity contribution is 5.95. The lowest BCUT2D eigenvalue weighted by molar-refractivity contribution is 0.0714. The van der Waals surface area contributed by atoms with E-state index in [0.29, 0.717) is 11.8 Å². The molecule has 2 heterocycles. The number of anilines is 1. The van der Waals surface area contributed by atoms with Crippen LogP contribution in [0.15, 0.2) is 54.6 Å². The van der Waals surface area contributed by atoms with Crippen molar-refractivity contribution in [3.8, 4) is 0 Å². The number of fused-ring (bicyclic) bond motifs is 1. The van der Waals surface area contributed by atoms with Crippen LogP contribution in [0.1, 0.15) is 22.0 Å². The predicted octanol–water partition coefficient (Wildman–Crippen LogP) is 2.79. The van der Waals surface area contributed by atoms with Crippen LogP contribution in [0.4, 0.5) is 5.69 Å². The topological polar surface area (TPSA) is 35.6 Å². The zero-order chi connectivity index (χ0) is 17.4. The largest absolute Gasteiger partial charge is 0.378 e. The minimum Gasteiger partial charge on any atom is -0.378 e. The van der Waals surface area contributed by atoms with E-state index >= 15 is 0 Å².